The van der Waals surface area contributed by atoms with E-state index in [-0.39, 0.29) is 5.41 Å². The van der Waals surface area contributed by atoms with E-state index in [1.807, 2.05) is 12.1 Å². The predicted octanol–water partition coefficient (Wildman–Crippen LogP) is 2.93. The predicted molar refractivity (Wildman–Crippen MR) is 85.1 cm³/mol. The number of halogens is 1. The lowest BCUT2D eigenvalue weighted by Gasteiger charge is -2.28. The second-order valence-corrected chi connectivity index (χ2v) is 6.17. The largest absolute Gasteiger partial charge is 0.496 e. The molecule has 0 aliphatic carbocycles. The van der Waals surface area contributed by atoms with Gasteiger partial charge in [-0.2, -0.15) is 0 Å². The zero-order chi connectivity index (χ0) is 14.3. The molecule has 0 fully saturated rings. The fraction of sp³-hybridized carbons (Fsp3) is 0.600. The SMILES string of the molecule is CCNCCNCC(C)(C)c1cc(Br)ccc1OC. The van der Waals surface area contributed by atoms with E-state index in [0.717, 1.165) is 36.4 Å². The molecule has 4 heteroatoms. The monoisotopic (exact) mass is 328 g/mol. The Morgan fingerprint density at radius 2 is 1.89 bits per heavy atom. The van der Waals surface area contributed by atoms with Crippen LogP contribution in [0.3, 0.4) is 0 Å². The molecule has 0 bridgehead atoms. The lowest BCUT2D eigenvalue weighted by Crippen LogP contribution is -2.36. The summed E-state index contributed by atoms with van der Waals surface area (Å²) in [4.78, 5) is 0. The van der Waals surface area contributed by atoms with Crippen LogP contribution in [0.1, 0.15) is 26.3 Å². The van der Waals surface area contributed by atoms with Gasteiger partial charge in [0.05, 0.1) is 7.11 Å². The third-order valence-electron chi connectivity index (χ3n) is 3.19. The lowest BCUT2D eigenvalue weighted by atomic mass is 9.84. The Kier molecular flexibility index (Phi) is 6.83. The van der Waals surface area contributed by atoms with E-state index < -0.39 is 0 Å². The smallest absolute Gasteiger partial charge is 0.122 e. The highest BCUT2D eigenvalue weighted by Crippen LogP contribution is 2.33. The molecule has 1 aromatic rings. The van der Waals surface area contributed by atoms with E-state index >= 15 is 0 Å². The zero-order valence-corrected chi connectivity index (χ0v) is 13.9. The Balaban J connectivity index is 2.67. The van der Waals surface area contributed by atoms with Gasteiger partial charge in [0.25, 0.3) is 0 Å². The molecule has 3 nitrogen and oxygen atoms in total. The molecule has 19 heavy (non-hydrogen) atoms. The van der Waals surface area contributed by atoms with Gasteiger partial charge in [-0.3, -0.25) is 0 Å². The van der Waals surface area contributed by atoms with Crippen molar-refractivity contribution in [1.82, 2.24) is 10.6 Å². The summed E-state index contributed by atoms with van der Waals surface area (Å²) in [6.07, 6.45) is 0. The van der Waals surface area contributed by atoms with Crippen LogP contribution in [0.25, 0.3) is 0 Å². The minimum Gasteiger partial charge on any atom is -0.496 e. The van der Waals surface area contributed by atoms with Gasteiger partial charge in [-0.25, -0.2) is 0 Å². The Morgan fingerprint density at radius 3 is 2.53 bits per heavy atom. The highest BCUT2D eigenvalue weighted by Gasteiger charge is 2.24. The Labute approximate surface area is 125 Å². The molecule has 0 aromatic heterocycles. The first-order chi connectivity index (χ1) is 9.01. The number of likely N-dealkylation sites (N-methyl/N-ethyl adjacent to an activating group) is 1. The molecule has 0 atom stereocenters. The minimum atomic E-state index is 0.0291. The molecule has 108 valence electrons. The summed E-state index contributed by atoms with van der Waals surface area (Å²) in [5.41, 5.74) is 1.25. The van der Waals surface area contributed by atoms with Gasteiger partial charge >= 0.3 is 0 Å². The van der Waals surface area contributed by atoms with Crippen LogP contribution in [0, 0.1) is 0 Å². The number of nitrogens with one attached hydrogen (secondary N) is 2. The average molecular weight is 329 g/mol. The molecular formula is C15H25BrN2O. The summed E-state index contributed by atoms with van der Waals surface area (Å²) >= 11 is 3.53. The first-order valence-electron chi connectivity index (χ1n) is 6.76. The van der Waals surface area contributed by atoms with Crippen molar-refractivity contribution in [3.63, 3.8) is 0 Å². The summed E-state index contributed by atoms with van der Waals surface area (Å²) in [7, 11) is 1.72. The van der Waals surface area contributed by atoms with Gasteiger partial charge in [-0.05, 0) is 24.7 Å². The standard InChI is InChI=1S/C15H25BrN2O/c1-5-17-8-9-18-11-15(2,3)13-10-12(16)6-7-14(13)19-4/h6-7,10,17-18H,5,8-9,11H2,1-4H3. The molecule has 0 unspecified atom stereocenters. The summed E-state index contributed by atoms with van der Waals surface area (Å²) in [6, 6.07) is 6.17. The molecule has 0 amide bonds. The van der Waals surface area contributed by atoms with Crippen molar-refractivity contribution >= 4 is 15.9 Å². The number of ether oxygens (including phenoxy) is 1. The van der Waals surface area contributed by atoms with Crippen molar-refractivity contribution in [2.24, 2.45) is 0 Å². The highest BCUT2D eigenvalue weighted by molar-refractivity contribution is 9.10. The first-order valence-corrected chi connectivity index (χ1v) is 7.56. The Hall–Kier alpha value is -0.580. The maximum absolute atomic E-state index is 5.47. The zero-order valence-electron chi connectivity index (χ0n) is 12.3. The van der Waals surface area contributed by atoms with Crippen LogP contribution < -0.4 is 15.4 Å². The van der Waals surface area contributed by atoms with E-state index in [4.69, 9.17) is 4.74 Å². The maximum Gasteiger partial charge on any atom is 0.122 e. The Morgan fingerprint density at radius 1 is 1.21 bits per heavy atom. The highest BCUT2D eigenvalue weighted by atomic mass is 79.9. The molecule has 0 radical (unpaired) electrons. The first kappa shape index (κ1) is 16.5. The third-order valence-corrected chi connectivity index (χ3v) is 3.68. The van der Waals surface area contributed by atoms with Crippen molar-refractivity contribution in [2.75, 3.05) is 33.3 Å². The van der Waals surface area contributed by atoms with E-state index in [1.165, 1.54) is 5.56 Å². The number of benzene rings is 1. The normalized spacial score (nSPS) is 11.6. The van der Waals surface area contributed by atoms with Gasteiger partial charge in [-0.15, -0.1) is 0 Å². The maximum atomic E-state index is 5.47. The van der Waals surface area contributed by atoms with Crippen molar-refractivity contribution in [3.8, 4) is 5.75 Å². The average Bonchev–Trinajstić information content (AvgIpc) is 2.38. The van der Waals surface area contributed by atoms with Crippen LogP contribution in [-0.2, 0) is 5.41 Å². The van der Waals surface area contributed by atoms with E-state index in [9.17, 15) is 0 Å². The van der Waals surface area contributed by atoms with Gasteiger partial charge in [0.1, 0.15) is 5.75 Å². The molecule has 2 N–H and O–H groups in total. The number of rotatable bonds is 8. The second-order valence-electron chi connectivity index (χ2n) is 5.26. The quantitative estimate of drug-likeness (QED) is 0.720. The molecule has 0 heterocycles. The summed E-state index contributed by atoms with van der Waals surface area (Å²) < 4.78 is 6.56. The third kappa shape index (κ3) is 5.13. The summed E-state index contributed by atoms with van der Waals surface area (Å²) in [5, 5.41) is 6.81. The summed E-state index contributed by atoms with van der Waals surface area (Å²) in [6.45, 7) is 10.5. The number of methoxy groups -OCH3 is 1. The van der Waals surface area contributed by atoms with Gasteiger partial charge in [0.15, 0.2) is 0 Å². The van der Waals surface area contributed by atoms with Crippen LogP contribution in [0.4, 0.5) is 0 Å². The second kappa shape index (κ2) is 7.88. The molecule has 0 spiro atoms. The van der Waals surface area contributed by atoms with Crippen molar-refractivity contribution in [3.05, 3.63) is 28.2 Å². The Bertz CT molecular complexity index is 394. The number of hydrogen-bond acceptors (Lipinski definition) is 3. The molecule has 0 aliphatic rings. The van der Waals surface area contributed by atoms with Crippen molar-refractivity contribution in [2.45, 2.75) is 26.2 Å². The van der Waals surface area contributed by atoms with Crippen LogP contribution in [0.2, 0.25) is 0 Å². The molecular weight excluding hydrogens is 304 g/mol. The van der Waals surface area contributed by atoms with Crippen LogP contribution in [0.5, 0.6) is 5.75 Å². The van der Waals surface area contributed by atoms with Gasteiger partial charge in [-0.1, -0.05) is 36.7 Å². The van der Waals surface area contributed by atoms with Gasteiger partial charge in [0, 0.05) is 35.1 Å². The van der Waals surface area contributed by atoms with Crippen LogP contribution >= 0.6 is 15.9 Å². The van der Waals surface area contributed by atoms with Gasteiger partial charge < -0.3 is 15.4 Å². The van der Waals surface area contributed by atoms with Gasteiger partial charge in [0.2, 0.25) is 0 Å². The van der Waals surface area contributed by atoms with Crippen molar-refractivity contribution in [1.29, 1.82) is 0 Å². The lowest BCUT2D eigenvalue weighted by molar-refractivity contribution is 0.385. The van der Waals surface area contributed by atoms with Crippen LogP contribution in [0.15, 0.2) is 22.7 Å². The fourth-order valence-corrected chi connectivity index (χ4v) is 2.42. The van der Waals surface area contributed by atoms with E-state index in [0.29, 0.717) is 0 Å². The molecule has 0 saturated heterocycles. The number of hydrogen-bond donors (Lipinski definition) is 2. The molecule has 0 aliphatic heterocycles. The van der Waals surface area contributed by atoms with E-state index in [2.05, 4.69) is 53.4 Å². The van der Waals surface area contributed by atoms with E-state index in [1.54, 1.807) is 7.11 Å². The molecule has 1 aromatic carbocycles. The topological polar surface area (TPSA) is 33.3 Å². The fourth-order valence-electron chi connectivity index (χ4n) is 2.06. The van der Waals surface area contributed by atoms with Crippen LogP contribution in [-0.4, -0.2) is 33.3 Å². The molecule has 0 saturated carbocycles. The van der Waals surface area contributed by atoms with Crippen molar-refractivity contribution < 1.29 is 4.74 Å². The molecule has 1 rings (SSSR count). The minimum absolute atomic E-state index is 0.0291. The summed E-state index contributed by atoms with van der Waals surface area (Å²) in [5.74, 6) is 0.946.